The van der Waals surface area contributed by atoms with Crippen LogP contribution in [-0.4, -0.2) is 27.5 Å². The van der Waals surface area contributed by atoms with Crippen LogP contribution in [0.2, 0.25) is 0 Å². The molecule has 126 valence electrons. The largest absolute Gasteiger partial charge is 0.479 e. The summed E-state index contributed by atoms with van der Waals surface area (Å²) in [6.45, 7) is 3.54. The predicted molar refractivity (Wildman–Crippen MR) is 91.9 cm³/mol. The molecule has 2 aromatic rings. The molecule has 0 saturated carbocycles. The van der Waals surface area contributed by atoms with Crippen LogP contribution in [0.3, 0.4) is 0 Å². The summed E-state index contributed by atoms with van der Waals surface area (Å²) < 4.78 is 33.2. The molecule has 1 heterocycles. The van der Waals surface area contributed by atoms with Gasteiger partial charge in [0, 0.05) is 12.7 Å². The Kier molecular flexibility index (Phi) is 3.96. The van der Waals surface area contributed by atoms with Gasteiger partial charge in [0.25, 0.3) is 15.9 Å². The number of ether oxygens (including phenoxy) is 1. The van der Waals surface area contributed by atoms with Crippen molar-refractivity contribution in [2.45, 2.75) is 24.8 Å². The lowest BCUT2D eigenvalue weighted by atomic mass is 10.2. The third kappa shape index (κ3) is 2.94. The molecule has 7 heteroatoms. The number of nitrogens with zero attached hydrogens (tertiary/aromatic N) is 1. The van der Waals surface area contributed by atoms with Crippen molar-refractivity contribution in [2.75, 3.05) is 16.7 Å². The Hall–Kier alpha value is -2.54. The van der Waals surface area contributed by atoms with E-state index in [1.807, 2.05) is 13.0 Å². The lowest BCUT2D eigenvalue weighted by molar-refractivity contribution is -0.125. The van der Waals surface area contributed by atoms with Gasteiger partial charge in [0.15, 0.2) is 6.10 Å². The van der Waals surface area contributed by atoms with Crippen molar-refractivity contribution < 1.29 is 17.9 Å². The summed E-state index contributed by atoms with van der Waals surface area (Å²) in [7, 11) is -2.16. The molecule has 0 saturated heterocycles. The topological polar surface area (TPSA) is 75.7 Å². The fraction of sp³-hybridized carbons (Fsp3) is 0.235. The summed E-state index contributed by atoms with van der Waals surface area (Å²) in [5.74, 6) is 0.266. The Bertz CT molecular complexity index is 909. The van der Waals surface area contributed by atoms with Gasteiger partial charge in [-0.05, 0) is 49.7 Å². The summed E-state index contributed by atoms with van der Waals surface area (Å²) in [6, 6.07) is 11.6. The number of rotatable bonds is 3. The Balaban J connectivity index is 1.96. The summed E-state index contributed by atoms with van der Waals surface area (Å²) in [5, 5.41) is 0. The molecule has 0 spiro atoms. The molecule has 0 aromatic heterocycles. The zero-order chi connectivity index (χ0) is 17.5. The smallest absolute Gasteiger partial charge is 0.267 e. The van der Waals surface area contributed by atoms with Gasteiger partial charge in [0.05, 0.1) is 10.6 Å². The molecule has 24 heavy (non-hydrogen) atoms. The van der Waals surface area contributed by atoms with Gasteiger partial charge in [0.2, 0.25) is 0 Å². The number of anilines is 2. The third-order valence-corrected chi connectivity index (χ3v) is 5.23. The van der Waals surface area contributed by atoms with Crippen LogP contribution in [0.1, 0.15) is 12.5 Å². The first-order chi connectivity index (χ1) is 11.3. The van der Waals surface area contributed by atoms with Crippen molar-refractivity contribution in [1.29, 1.82) is 0 Å². The third-order valence-electron chi connectivity index (χ3n) is 3.85. The van der Waals surface area contributed by atoms with Crippen LogP contribution in [0.25, 0.3) is 0 Å². The normalized spacial score (nSPS) is 17.2. The van der Waals surface area contributed by atoms with E-state index < -0.39 is 16.1 Å². The average molecular weight is 346 g/mol. The molecule has 1 unspecified atom stereocenters. The average Bonchev–Trinajstić information content (AvgIpc) is 2.52. The van der Waals surface area contributed by atoms with E-state index in [1.165, 1.54) is 17.0 Å². The fourth-order valence-corrected chi connectivity index (χ4v) is 3.65. The first-order valence-electron chi connectivity index (χ1n) is 7.46. The minimum atomic E-state index is -3.76. The lowest BCUT2D eigenvalue weighted by Crippen LogP contribution is -2.42. The molecule has 1 aliphatic rings. The highest BCUT2D eigenvalue weighted by Crippen LogP contribution is 2.35. The molecule has 0 bridgehead atoms. The van der Waals surface area contributed by atoms with E-state index >= 15 is 0 Å². The van der Waals surface area contributed by atoms with Crippen LogP contribution < -0.4 is 14.4 Å². The van der Waals surface area contributed by atoms with Crippen molar-refractivity contribution in [3.05, 3.63) is 48.0 Å². The predicted octanol–water partition coefficient (Wildman–Crippen LogP) is 2.54. The van der Waals surface area contributed by atoms with Crippen molar-refractivity contribution >= 4 is 27.3 Å². The molecule has 0 fully saturated rings. The van der Waals surface area contributed by atoms with Gasteiger partial charge in [-0.2, -0.15) is 0 Å². The van der Waals surface area contributed by atoms with E-state index in [-0.39, 0.29) is 10.8 Å². The van der Waals surface area contributed by atoms with E-state index in [4.69, 9.17) is 4.74 Å². The van der Waals surface area contributed by atoms with Crippen molar-refractivity contribution in [3.63, 3.8) is 0 Å². The minimum absolute atomic E-state index is 0.0700. The first kappa shape index (κ1) is 16.3. The molecule has 0 aliphatic carbocycles. The highest BCUT2D eigenvalue weighted by atomic mass is 32.2. The quantitative estimate of drug-likeness (QED) is 0.927. The molecule has 0 radical (unpaired) electrons. The molecular weight excluding hydrogens is 328 g/mol. The Morgan fingerprint density at radius 3 is 2.62 bits per heavy atom. The highest BCUT2D eigenvalue weighted by molar-refractivity contribution is 7.92. The number of likely N-dealkylation sites (N-methyl/N-ethyl adjacent to an activating group) is 1. The lowest BCUT2D eigenvalue weighted by Gasteiger charge is -2.30. The van der Waals surface area contributed by atoms with Crippen LogP contribution in [-0.2, 0) is 14.8 Å². The van der Waals surface area contributed by atoms with Crippen molar-refractivity contribution in [2.24, 2.45) is 0 Å². The second-order valence-corrected chi connectivity index (χ2v) is 7.44. The number of carbonyl (C=O) groups is 1. The van der Waals surface area contributed by atoms with Crippen LogP contribution in [0.5, 0.6) is 5.75 Å². The van der Waals surface area contributed by atoms with Crippen LogP contribution >= 0.6 is 0 Å². The van der Waals surface area contributed by atoms with Gasteiger partial charge in [-0.15, -0.1) is 0 Å². The first-order valence-corrected chi connectivity index (χ1v) is 8.94. The van der Waals surface area contributed by atoms with Gasteiger partial charge in [-0.1, -0.05) is 12.1 Å². The van der Waals surface area contributed by atoms with Crippen LogP contribution in [0, 0.1) is 6.92 Å². The Morgan fingerprint density at radius 2 is 1.92 bits per heavy atom. The van der Waals surface area contributed by atoms with Crippen LogP contribution in [0.4, 0.5) is 11.4 Å². The van der Waals surface area contributed by atoms with Crippen molar-refractivity contribution in [3.8, 4) is 5.75 Å². The molecule has 1 N–H and O–H groups in total. The molecule has 1 aliphatic heterocycles. The monoisotopic (exact) mass is 346 g/mol. The van der Waals surface area contributed by atoms with Gasteiger partial charge < -0.3 is 9.64 Å². The minimum Gasteiger partial charge on any atom is -0.479 e. The summed E-state index contributed by atoms with van der Waals surface area (Å²) >= 11 is 0. The van der Waals surface area contributed by atoms with Gasteiger partial charge in [-0.3, -0.25) is 9.52 Å². The number of nitrogens with one attached hydrogen (secondary N) is 1. The Morgan fingerprint density at radius 1 is 1.17 bits per heavy atom. The number of amides is 1. The molecule has 1 amide bonds. The maximum Gasteiger partial charge on any atom is 0.267 e. The number of benzene rings is 2. The van der Waals surface area contributed by atoms with Gasteiger partial charge >= 0.3 is 0 Å². The highest BCUT2D eigenvalue weighted by Gasteiger charge is 2.30. The van der Waals surface area contributed by atoms with E-state index in [0.717, 1.165) is 5.56 Å². The molecule has 6 nitrogen and oxygen atoms in total. The number of sulfonamides is 1. The number of fused-ring (bicyclic) bond motifs is 1. The summed E-state index contributed by atoms with van der Waals surface area (Å²) in [5.41, 5.74) is 1.88. The van der Waals surface area contributed by atoms with Crippen LogP contribution in [0.15, 0.2) is 47.4 Å². The molecular formula is C17H18N2O4S. The van der Waals surface area contributed by atoms with Gasteiger partial charge in [-0.25, -0.2) is 8.42 Å². The zero-order valence-electron chi connectivity index (χ0n) is 13.6. The summed E-state index contributed by atoms with van der Waals surface area (Å²) in [6.07, 6.45) is -0.588. The van der Waals surface area contributed by atoms with Crippen molar-refractivity contribution in [1.82, 2.24) is 0 Å². The number of aryl methyl sites for hydroxylation is 1. The maximum atomic E-state index is 12.6. The zero-order valence-corrected chi connectivity index (χ0v) is 14.4. The molecule has 3 rings (SSSR count). The number of hydrogen-bond acceptors (Lipinski definition) is 4. The second-order valence-electron chi connectivity index (χ2n) is 5.76. The Labute approximate surface area is 141 Å². The number of carbonyl (C=O) groups excluding carboxylic acids is 1. The maximum absolute atomic E-state index is 12.6. The number of hydrogen-bond donors (Lipinski definition) is 1. The molecule has 1 atom stereocenters. The second kappa shape index (κ2) is 5.83. The summed E-state index contributed by atoms with van der Waals surface area (Å²) in [4.78, 5) is 13.5. The van der Waals surface area contributed by atoms with E-state index in [9.17, 15) is 13.2 Å². The fourth-order valence-electron chi connectivity index (χ4n) is 2.58. The molecule has 2 aromatic carbocycles. The SMILES string of the molecule is Cc1cccc(NS(=O)(=O)c2ccc3c(c2)N(C)C(=O)C(C)O3)c1. The van der Waals surface area contributed by atoms with E-state index in [0.29, 0.717) is 17.1 Å². The standard InChI is InChI=1S/C17H18N2O4S/c1-11-5-4-6-13(9-11)18-24(21,22)14-7-8-16-15(10-14)19(3)17(20)12(2)23-16/h4-10,12,18H,1-3H3. The van der Waals surface area contributed by atoms with E-state index in [1.54, 1.807) is 38.2 Å². The van der Waals surface area contributed by atoms with E-state index in [2.05, 4.69) is 4.72 Å². The van der Waals surface area contributed by atoms with Gasteiger partial charge in [0.1, 0.15) is 5.75 Å².